The lowest BCUT2D eigenvalue weighted by molar-refractivity contribution is 0.0704. The minimum absolute atomic E-state index is 0.0582. The predicted molar refractivity (Wildman–Crippen MR) is 134 cm³/mol. The van der Waals surface area contributed by atoms with E-state index in [1.54, 1.807) is 37.3 Å². The van der Waals surface area contributed by atoms with E-state index in [0.29, 0.717) is 23.7 Å². The number of hydrogen-bond donors (Lipinski definition) is 0. The van der Waals surface area contributed by atoms with Crippen LogP contribution in [0.2, 0.25) is 0 Å². The SMILES string of the molecule is CCOc1ccccc1Oc1c(C)oc2cc(OC(=O)c3cc4cc(Br)ccc4o3)ccc2c1=O. The highest BCUT2D eigenvalue weighted by Crippen LogP contribution is 2.33. The largest absolute Gasteiger partial charge is 0.490 e. The van der Waals surface area contributed by atoms with E-state index in [2.05, 4.69) is 15.9 Å². The van der Waals surface area contributed by atoms with Gasteiger partial charge in [0.15, 0.2) is 11.5 Å². The van der Waals surface area contributed by atoms with E-state index in [-0.39, 0.29) is 39.4 Å². The van der Waals surface area contributed by atoms with Crippen LogP contribution in [0, 0.1) is 6.92 Å². The molecule has 0 aliphatic rings. The summed E-state index contributed by atoms with van der Waals surface area (Å²) in [6, 6.07) is 18.7. The first-order valence-corrected chi connectivity index (χ1v) is 11.6. The Bertz CT molecular complexity index is 1630. The van der Waals surface area contributed by atoms with Gasteiger partial charge >= 0.3 is 5.97 Å². The topological polar surface area (TPSA) is 88.1 Å². The smallest absolute Gasteiger partial charge is 0.379 e. The first kappa shape index (κ1) is 22.7. The Morgan fingerprint density at radius 3 is 2.54 bits per heavy atom. The monoisotopic (exact) mass is 534 g/mol. The third kappa shape index (κ3) is 4.52. The minimum atomic E-state index is -0.664. The molecule has 0 radical (unpaired) electrons. The zero-order chi connectivity index (χ0) is 24.5. The van der Waals surface area contributed by atoms with E-state index in [4.69, 9.17) is 23.0 Å². The fourth-order valence-corrected chi connectivity index (χ4v) is 4.02. The molecule has 0 atom stereocenters. The first-order chi connectivity index (χ1) is 16.9. The summed E-state index contributed by atoms with van der Waals surface area (Å²) in [5.74, 6) is 0.877. The van der Waals surface area contributed by atoms with Crippen LogP contribution in [0.3, 0.4) is 0 Å². The van der Waals surface area contributed by atoms with Crippen LogP contribution < -0.4 is 19.6 Å². The summed E-state index contributed by atoms with van der Waals surface area (Å²) in [5.41, 5.74) is 0.478. The number of carbonyl (C=O) groups is 1. The van der Waals surface area contributed by atoms with E-state index in [9.17, 15) is 9.59 Å². The fraction of sp³-hybridized carbons (Fsp3) is 0.111. The highest BCUT2D eigenvalue weighted by molar-refractivity contribution is 9.10. The highest BCUT2D eigenvalue weighted by atomic mass is 79.9. The van der Waals surface area contributed by atoms with E-state index in [1.807, 2.05) is 25.1 Å². The van der Waals surface area contributed by atoms with Crippen molar-refractivity contribution in [2.24, 2.45) is 0 Å². The molecule has 8 heteroatoms. The van der Waals surface area contributed by atoms with Crippen LogP contribution in [0.25, 0.3) is 21.9 Å². The third-order valence-corrected chi connectivity index (χ3v) is 5.73. The first-order valence-electron chi connectivity index (χ1n) is 10.8. The molecular weight excluding hydrogens is 516 g/mol. The number of halogens is 1. The number of carbonyl (C=O) groups excluding carboxylic acids is 1. The zero-order valence-corrected chi connectivity index (χ0v) is 20.4. The van der Waals surface area contributed by atoms with Gasteiger partial charge in [-0.05, 0) is 62.4 Å². The molecule has 2 aromatic heterocycles. The number of ether oxygens (including phenoxy) is 3. The van der Waals surface area contributed by atoms with Gasteiger partial charge in [-0.15, -0.1) is 0 Å². The molecule has 0 unspecified atom stereocenters. The van der Waals surface area contributed by atoms with Crippen LogP contribution in [-0.2, 0) is 0 Å². The number of rotatable bonds is 6. The Hall–Kier alpha value is -4.04. The van der Waals surface area contributed by atoms with Crippen molar-refractivity contribution in [1.82, 2.24) is 0 Å². The van der Waals surface area contributed by atoms with Gasteiger partial charge < -0.3 is 23.0 Å². The Kier molecular flexibility index (Phi) is 6.05. The summed E-state index contributed by atoms with van der Waals surface area (Å²) < 4.78 is 29.2. The molecular formula is C27H19BrO7. The van der Waals surface area contributed by atoms with Crippen molar-refractivity contribution >= 4 is 43.8 Å². The van der Waals surface area contributed by atoms with Gasteiger partial charge in [0.2, 0.25) is 16.9 Å². The summed E-state index contributed by atoms with van der Waals surface area (Å²) in [4.78, 5) is 25.8. The van der Waals surface area contributed by atoms with Crippen LogP contribution in [0.5, 0.6) is 23.0 Å². The molecule has 0 aliphatic carbocycles. The van der Waals surface area contributed by atoms with Gasteiger partial charge in [0, 0.05) is 15.9 Å². The van der Waals surface area contributed by atoms with Gasteiger partial charge in [-0.3, -0.25) is 4.79 Å². The van der Waals surface area contributed by atoms with Crippen molar-refractivity contribution in [2.75, 3.05) is 6.61 Å². The molecule has 176 valence electrons. The summed E-state index contributed by atoms with van der Waals surface area (Å²) in [6.07, 6.45) is 0. The Balaban J connectivity index is 1.43. The van der Waals surface area contributed by atoms with E-state index >= 15 is 0 Å². The van der Waals surface area contributed by atoms with Crippen molar-refractivity contribution < 1.29 is 27.8 Å². The number of para-hydroxylation sites is 2. The maximum atomic E-state index is 13.2. The molecule has 0 aliphatic heterocycles. The standard InChI is InChI=1S/C27H19BrO7/c1-3-31-21-6-4-5-7-22(21)35-26-15(2)32-23-14-18(9-10-19(23)25(26)29)33-27(30)24-13-16-12-17(28)8-11-20(16)34-24/h4-14H,3H2,1-2H3. The van der Waals surface area contributed by atoms with Crippen LogP contribution in [0.1, 0.15) is 23.2 Å². The molecule has 0 spiro atoms. The van der Waals surface area contributed by atoms with Gasteiger partial charge in [0.05, 0.1) is 12.0 Å². The molecule has 2 heterocycles. The second kappa shape index (κ2) is 9.31. The Morgan fingerprint density at radius 2 is 1.74 bits per heavy atom. The molecule has 0 amide bonds. The van der Waals surface area contributed by atoms with Crippen molar-refractivity contribution in [3.63, 3.8) is 0 Å². The maximum absolute atomic E-state index is 13.2. The molecule has 0 saturated carbocycles. The molecule has 0 bridgehead atoms. The molecule has 5 rings (SSSR count). The summed E-state index contributed by atoms with van der Waals surface area (Å²) in [5, 5.41) is 1.05. The van der Waals surface area contributed by atoms with E-state index in [0.717, 1.165) is 9.86 Å². The Labute approximate surface area is 207 Å². The number of fused-ring (bicyclic) bond motifs is 2. The second-order valence-corrected chi connectivity index (χ2v) is 8.55. The fourth-order valence-electron chi connectivity index (χ4n) is 3.64. The van der Waals surface area contributed by atoms with Gasteiger partial charge in [-0.25, -0.2) is 4.79 Å². The Morgan fingerprint density at radius 1 is 0.943 bits per heavy atom. The number of hydrogen-bond acceptors (Lipinski definition) is 7. The molecule has 0 fully saturated rings. The average molecular weight is 535 g/mol. The summed E-state index contributed by atoms with van der Waals surface area (Å²) in [6.45, 7) is 3.95. The number of esters is 1. The third-order valence-electron chi connectivity index (χ3n) is 5.24. The molecule has 3 aromatic carbocycles. The second-order valence-electron chi connectivity index (χ2n) is 7.64. The lowest BCUT2D eigenvalue weighted by Gasteiger charge is -2.12. The summed E-state index contributed by atoms with van der Waals surface area (Å²) >= 11 is 3.39. The average Bonchev–Trinajstić information content (AvgIpc) is 3.26. The summed E-state index contributed by atoms with van der Waals surface area (Å²) in [7, 11) is 0. The van der Waals surface area contributed by atoms with Crippen molar-refractivity contribution in [2.45, 2.75) is 13.8 Å². The van der Waals surface area contributed by atoms with Crippen molar-refractivity contribution in [3.8, 4) is 23.0 Å². The lowest BCUT2D eigenvalue weighted by atomic mass is 10.2. The van der Waals surface area contributed by atoms with Crippen LogP contribution >= 0.6 is 15.9 Å². The van der Waals surface area contributed by atoms with Crippen LogP contribution in [0.15, 0.2) is 84.8 Å². The normalized spacial score (nSPS) is 11.1. The molecule has 7 nitrogen and oxygen atoms in total. The molecule has 5 aromatic rings. The zero-order valence-electron chi connectivity index (χ0n) is 18.8. The van der Waals surface area contributed by atoms with Crippen molar-refractivity contribution in [1.29, 1.82) is 0 Å². The lowest BCUT2D eigenvalue weighted by Crippen LogP contribution is -2.09. The van der Waals surface area contributed by atoms with Gasteiger partial charge in [0.25, 0.3) is 0 Å². The van der Waals surface area contributed by atoms with Gasteiger partial charge in [0.1, 0.15) is 22.7 Å². The van der Waals surface area contributed by atoms with Crippen LogP contribution in [-0.4, -0.2) is 12.6 Å². The molecule has 0 N–H and O–H groups in total. The highest BCUT2D eigenvalue weighted by Gasteiger charge is 2.19. The number of furan rings is 1. The van der Waals surface area contributed by atoms with Crippen molar-refractivity contribution in [3.05, 3.63) is 92.9 Å². The minimum Gasteiger partial charge on any atom is -0.490 e. The van der Waals surface area contributed by atoms with Gasteiger partial charge in [-0.1, -0.05) is 28.1 Å². The van der Waals surface area contributed by atoms with E-state index in [1.165, 1.54) is 18.2 Å². The van der Waals surface area contributed by atoms with Crippen LogP contribution in [0.4, 0.5) is 0 Å². The molecule has 0 saturated heterocycles. The van der Waals surface area contributed by atoms with E-state index < -0.39 is 5.97 Å². The predicted octanol–water partition coefficient (Wildman–Crippen LogP) is 7.02. The quantitative estimate of drug-likeness (QED) is 0.171. The number of aryl methyl sites for hydroxylation is 1. The van der Waals surface area contributed by atoms with Gasteiger partial charge in [-0.2, -0.15) is 0 Å². The molecule has 35 heavy (non-hydrogen) atoms. The maximum Gasteiger partial charge on any atom is 0.379 e. The number of benzene rings is 3.